The number of nitrogens with zero attached hydrogens (tertiary/aromatic N) is 10. The molecule has 0 radical (unpaired) electrons. The van der Waals surface area contributed by atoms with Crippen molar-refractivity contribution >= 4 is 75.9 Å². The summed E-state index contributed by atoms with van der Waals surface area (Å²) in [4.78, 5) is 42.3. The van der Waals surface area contributed by atoms with E-state index in [1.54, 1.807) is 0 Å². The van der Waals surface area contributed by atoms with Crippen LogP contribution in [0.1, 0.15) is 32.2 Å². The molecule has 4 aromatic heterocycles. The molecular formula is C43H56N16O2S2. The van der Waals surface area contributed by atoms with E-state index in [0.717, 1.165) is 102 Å². The van der Waals surface area contributed by atoms with Gasteiger partial charge in [0.05, 0.1) is 0 Å². The van der Waals surface area contributed by atoms with Crippen molar-refractivity contribution in [1.82, 2.24) is 50.1 Å². The Morgan fingerprint density at radius 3 is 1.46 bits per heavy atom. The standard InChI is InChI=1S/C24H32N8O2S.C19H24N8S/c1-16-14-20(30-29-16)26-19-15-21(32-12-10-31(5)11-13-32)28-22(27-19)35-18-8-6-17(7-9-18)25-23(33)34-24(2,3)4;1-13-11-17(25-24-13)21-16-12-18(27-9-7-26(2)8-10-27)23-19(22-16)28-15-5-3-14(20)4-6-15/h6-9,14-15H,10-13H2,1-5H3,(H,25,33)(H2,26,27,28,29,30);3-6,11-12H,7-10,20H2,1-2H3,(H2,21,22,23,24,25). The molecule has 63 heavy (non-hydrogen) atoms. The van der Waals surface area contributed by atoms with Gasteiger partial charge >= 0.3 is 6.09 Å². The molecule has 0 atom stereocenters. The Labute approximate surface area is 376 Å². The quantitative estimate of drug-likeness (QED) is 0.0559. The number of ether oxygens (including phenoxy) is 1. The third-order valence-corrected chi connectivity index (χ3v) is 11.5. The summed E-state index contributed by atoms with van der Waals surface area (Å²) < 4.78 is 5.31. The number of nitrogens with one attached hydrogen (secondary N) is 5. The van der Waals surface area contributed by atoms with Crippen LogP contribution in [0.25, 0.3) is 0 Å². The lowest BCUT2D eigenvalue weighted by atomic mass is 10.2. The Morgan fingerprint density at radius 2 is 1.06 bits per heavy atom. The molecule has 7 N–H and O–H groups in total. The Balaban J connectivity index is 0.000000193. The van der Waals surface area contributed by atoms with Crippen LogP contribution in [0.15, 0.2) is 92.9 Å². The van der Waals surface area contributed by atoms with E-state index >= 15 is 0 Å². The summed E-state index contributed by atoms with van der Waals surface area (Å²) in [7, 11) is 4.28. The van der Waals surface area contributed by atoms with E-state index in [-0.39, 0.29) is 0 Å². The van der Waals surface area contributed by atoms with Crippen molar-refractivity contribution in [2.24, 2.45) is 0 Å². The maximum atomic E-state index is 12.0. The van der Waals surface area contributed by atoms with Crippen molar-refractivity contribution in [3.8, 4) is 0 Å². The number of hydrogen-bond acceptors (Lipinski definition) is 17. The largest absolute Gasteiger partial charge is 0.444 e. The number of carbonyl (C=O) groups excluding carboxylic acids is 1. The fourth-order valence-corrected chi connectivity index (χ4v) is 7.97. The van der Waals surface area contributed by atoms with Crippen LogP contribution in [0.5, 0.6) is 0 Å². The predicted octanol–water partition coefficient (Wildman–Crippen LogP) is 7.24. The molecule has 0 bridgehead atoms. The van der Waals surface area contributed by atoms with E-state index in [4.69, 9.17) is 25.4 Å². The zero-order valence-corrected chi connectivity index (χ0v) is 38.4. The topological polar surface area (TPSA) is 210 Å². The monoisotopic (exact) mass is 892 g/mol. The zero-order chi connectivity index (χ0) is 44.5. The third kappa shape index (κ3) is 13.7. The molecule has 0 saturated carbocycles. The molecule has 2 aliphatic heterocycles. The van der Waals surface area contributed by atoms with Crippen LogP contribution in [-0.2, 0) is 4.74 Å². The van der Waals surface area contributed by atoms with Crippen LogP contribution in [0.4, 0.5) is 51.1 Å². The summed E-state index contributed by atoms with van der Waals surface area (Å²) in [6.45, 7) is 17.1. The molecule has 20 heteroatoms. The average Bonchev–Trinajstić information content (AvgIpc) is 3.85. The Morgan fingerprint density at radius 1 is 0.635 bits per heavy atom. The summed E-state index contributed by atoms with van der Waals surface area (Å²) in [6.07, 6.45) is -0.481. The number of likely N-dealkylation sites (N-methyl/N-ethyl adjacent to an activating group) is 2. The summed E-state index contributed by atoms with van der Waals surface area (Å²) in [5.41, 5.74) is 8.61. The normalized spacial score (nSPS) is 14.8. The van der Waals surface area contributed by atoms with Gasteiger partial charge in [0.25, 0.3) is 0 Å². The van der Waals surface area contributed by atoms with E-state index in [1.807, 2.05) is 107 Å². The highest BCUT2D eigenvalue weighted by Gasteiger charge is 2.21. The lowest BCUT2D eigenvalue weighted by Gasteiger charge is -2.33. The van der Waals surface area contributed by atoms with Crippen molar-refractivity contribution in [3.05, 3.63) is 84.2 Å². The van der Waals surface area contributed by atoms with Crippen LogP contribution in [-0.4, -0.2) is 128 Å². The lowest BCUT2D eigenvalue weighted by molar-refractivity contribution is 0.0636. The zero-order valence-electron chi connectivity index (χ0n) is 36.8. The number of anilines is 8. The Kier molecular flexibility index (Phi) is 14.6. The molecule has 0 unspecified atom stereocenters. The van der Waals surface area contributed by atoms with Gasteiger partial charge in [0, 0.05) is 109 Å². The lowest BCUT2D eigenvalue weighted by Crippen LogP contribution is -2.44. The minimum absolute atomic E-state index is 0.481. The molecule has 332 valence electrons. The van der Waals surface area contributed by atoms with Crippen molar-refractivity contribution in [1.29, 1.82) is 0 Å². The number of nitrogen functional groups attached to an aromatic ring is 1. The van der Waals surface area contributed by atoms with Crippen LogP contribution in [0, 0.1) is 13.8 Å². The molecule has 2 fully saturated rings. The first-order valence-electron chi connectivity index (χ1n) is 20.7. The molecule has 6 heterocycles. The molecule has 6 aromatic rings. The SMILES string of the molecule is Cc1cc(Nc2cc(N3CCN(C)CC3)nc(Sc3ccc(N)cc3)n2)n[nH]1.Cc1cc(Nc2cc(N3CCN(C)CC3)nc(Sc3ccc(NC(=O)OC(C)(C)C)cc3)n2)n[nH]1. The van der Waals surface area contributed by atoms with Gasteiger partial charge in [-0.15, -0.1) is 0 Å². The number of carbonyl (C=O) groups is 1. The third-order valence-electron chi connectivity index (χ3n) is 9.76. The van der Waals surface area contributed by atoms with Crippen molar-refractivity contribution < 1.29 is 9.53 Å². The summed E-state index contributed by atoms with van der Waals surface area (Å²) >= 11 is 2.98. The molecule has 2 saturated heterocycles. The summed E-state index contributed by atoms with van der Waals surface area (Å²) in [6, 6.07) is 23.1. The van der Waals surface area contributed by atoms with E-state index < -0.39 is 11.7 Å². The van der Waals surface area contributed by atoms with Gasteiger partial charge in [-0.25, -0.2) is 24.7 Å². The second-order valence-electron chi connectivity index (χ2n) is 16.4. The fourth-order valence-electron chi connectivity index (χ4n) is 6.44. The first-order chi connectivity index (χ1) is 30.2. The number of aromatic amines is 2. The van der Waals surface area contributed by atoms with Crippen molar-refractivity contribution in [3.63, 3.8) is 0 Å². The minimum Gasteiger partial charge on any atom is -0.444 e. The maximum absolute atomic E-state index is 12.0. The number of amides is 1. The predicted molar refractivity (Wildman–Crippen MR) is 252 cm³/mol. The van der Waals surface area contributed by atoms with E-state index in [1.165, 1.54) is 23.5 Å². The van der Waals surface area contributed by atoms with Crippen molar-refractivity contribution in [2.45, 2.75) is 60.3 Å². The molecule has 2 aliphatic rings. The van der Waals surface area contributed by atoms with Gasteiger partial charge in [-0.2, -0.15) is 10.2 Å². The number of rotatable bonds is 11. The Bertz CT molecular complexity index is 2420. The minimum atomic E-state index is -0.549. The van der Waals surface area contributed by atoms with E-state index in [9.17, 15) is 4.79 Å². The molecule has 2 aromatic carbocycles. The summed E-state index contributed by atoms with van der Waals surface area (Å²) in [5.74, 6) is 4.67. The van der Waals surface area contributed by atoms with Gasteiger partial charge in [0.1, 0.15) is 28.9 Å². The number of hydrogen-bond donors (Lipinski definition) is 6. The number of aryl methyl sites for hydroxylation is 2. The number of benzene rings is 2. The fraction of sp³-hybridized carbons (Fsp3) is 0.372. The van der Waals surface area contributed by atoms with Gasteiger partial charge < -0.3 is 40.7 Å². The second kappa shape index (κ2) is 20.4. The average molecular weight is 893 g/mol. The van der Waals surface area contributed by atoms with Crippen LogP contribution in [0.2, 0.25) is 0 Å². The van der Waals surface area contributed by atoms with Gasteiger partial charge in [-0.05, 0) is 121 Å². The molecular weight excluding hydrogens is 837 g/mol. The highest BCUT2D eigenvalue weighted by atomic mass is 32.2. The van der Waals surface area contributed by atoms with Gasteiger partial charge in [0.2, 0.25) is 0 Å². The van der Waals surface area contributed by atoms with Crippen LogP contribution >= 0.6 is 23.5 Å². The van der Waals surface area contributed by atoms with Gasteiger partial charge in [0.15, 0.2) is 21.9 Å². The van der Waals surface area contributed by atoms with Crippen LogP contribution < -0.4 is 31.5 Å². The highest BCUT2D eigenvalue weighted by Crippen LogP contribution is 2.32. The molecule has 8 rings (SSSR count). The van der Waals surface area contributed by atoms with E-state index in [2.05, 4.69) is 75.0 Å². The number of piperazine rings is 2. The number of aromatic nitrogens is 8. The maximum Gasteiger partial charge on any atom is 0.412 e. The van der Waals surface area contributed by atoms with Crippen LogP contribution in [0.3, 0.4) is 0 Å². The molecule has 0 spiro atoms. The number of nitrogens with two attached hydrogens (primary N) is 1. The highest BCUT2D eigenvalue weighted by molar-refractivity contribution is 7.99. The molecule has 0 aliphatic carbocycles. The second-order valence-corrected chi connectivity index (χ2v) is 18.5. The van der Waals surface area contributed by atoms with E-state index in [0.29, 0.717) is 27.6 Å². The molecule has 18 nitrogen and oxygen atoms in total. The smallest absolute Gasteiger partial charge is 0.412 e. The first kappa shape index (κ1) is 44.9. The Hall–Kier alpha value is -6.09. The van der Waals surface area contributed by atoms with Crippen molar-refractivity contribution in [2.75, 3.05) is 97.9 Å². The van der Waals surface area contributed by atoms with Gasteiger partial charge in [-0.1, -0.05) is 0 Å². The summed E-state index contributed by atoms with van der Waals surface area (Å²) in [5, 5.41) is 25.0. The number of H-pyrrole nitrogens is 2. The van der Waals surface area contributed by atoms with Gasteiger partial charge in [-0.3, -0.25) is 15.5 Å². The first-order valence-corrected chi connectivity index (χ1v) is 22.4. The molecule has 1 amide bonds.